The summed E-state index contributed by atoms with van der Waals surface area (Å²) in [7, 11) is 1.74. The molecule has 0 unspecified atom stereocenters. The van der Waals surface area contributed by atoms with Gasteiger partial charge in [-0.25, -0.2) is 0 Å². The van der Waals surface area contributed by atoms with Gasteiger partial charge in [-0.3, -0.25) is 9.69 Å². The molecule has 0 saturated carbocycles. The van der Waals surface area contributed by atoms with Crippen molar-refractivity contribution >= 4 is 11.6 Å². The van der Waals surface area contributed by atoms with Crippen molar-refractivity contribution in [3.8, 4) is 0 Å². The number of methoxy groups -OCH3 is 1. The van der Waals surface area contributed by atoms with E-state index >= 15 is 0 Å². The molecule has 1 amide bonds. The molecule has 2 rings (SSSR count). The molecule has 0 spiro atoms. The zero-order chi connectivity index (χ0) is 15.2. The highest BCUT2D eigenvalue weighted by Crippen LogP contribution is 2.17. The summed E-state index contributed by atoms with van der Waals surface area (Å²) in [6.45, 7) is 7.34. The molecule has 4 heteroatoms. The Bertz CT molecular complexity index is 486. The summed E-state index contributed by atoms with van der Waals surface area (Å²) in [6.07, 6.45) is 2.34. The van der Waals surface area contributed by atoms with E-state index in [1.807, 2.05) is 18.2 Å². The summed E-state index contributed by atoms with van der Waals surface area (Å²) >= 11 is 0. The topological polar surface area (TPSA) is 41.6 Å². The van der Waals surface area contributed by atoms with Gasteiger partial charge in [0.05, 0.1) is 13.2 Å². The second-order valence-electron chi connectivity index (χ2n) is 6.05. The molecule has 0 bridgehead atoms. The largest absolute Gasteiger partial charge is 0.384 e. The van der Waals surface area contributed by atoms with Crippen LogP contribution in [0, 0.1) is 19.8 Å². The average molecular weight is 290 g/mol. The molecule has 1 N–H and O–H groups in total. The Morgan fingerprint density at radius 3 is 2.90 bits per heavy atom. The predicted octanol–water partition coefficient (Wildman–Crippen LogP) is 2.60. The third-order valence-electron chi connectivity index (χ3n) is 4.16. The number of hydrogen-bond acceptors (Lipinski definition) is 3. The average Bonchev–Trinajstić information content (AvgIpc) is 2.43. The van der Waals surface area contributed by atoms with E-state index in [1.54, 1.807) is 7.11 Å². The van der Waals surface area contributed by atoms with Crippen molar-refractivity contribution in [2.75, 3.05) is 38.7 Å². The van der Waals surface area contributed by atoms with Gasteiger partial charge in [-0.05, 0) is 62.4 Å². The van der Waals surface area contributed by atoms with E-state index in [9.17, 15) is 4.79 Å². The van der Waals surface area contributed by atoms with Gasteiger partial charge in [0.2, 0.25) is 5.91 Å². The predicted molar refractivity (Wildman–Crippen MR) is 85.6 cm³/mol. The lowest BCUT2D eigenvalue weighted by atomic mass is 9.99. The molecule has 1 aromatic rings. The summed E-state index contributed by atoms with van der Waals surface area (Å²) in [6, 6.07) is 6.03. The number of carbonyl (C=O) groups excluding carboxylic acids is 1. The zero-order valence-corrected chi connectivity index (χ0v) is 13.3. The molecule has 0 radical (unpaired) electrons. The maximum absolute atomic E-state index is 12.2. The van der Waals surface area contributed by atoms with E-state index in [1.165, 1.54) is 17.5 Å². The Hall–Kier alpha value is -1.39. The van der Waals surface area contributed by atoms with Crippen LogP contribution in [0.5, 0.6) is 0 Å². The molecule has 1 aromatic carbocycles. The molecule has 1 saturated heterocycles. The Morgan fingerprint density at radius 2 is 2.19 bits per heavy atom. The van der Waals surface area contributed by atoms with Crippen LogP contribution in [-0.2, 0) is 9.53 Å². The number of nitrogens with zero attached hydrogens (tertiary/aromatic N) is 1. The number of carbonyl (C=O) groups is 1. The summed E-state index contributed by atoms with van der Waals surface area (Å²) in [4.78, 5) is 14.4. The van der Waals surface area contributed by atoms with Crippen molar-refractivity contribution in [1.82, 2.24) is 4.90 Å². The first-order chi connectivity index (χ1) is 10.1. The van der Waals surface area contributed by atoms with Crippen LogP contribution < -0.4 is 5.32 Å². The maximum Gasteiger partial charge on any atom is 0.238 e. The molecule has 4 nitrogen and oxygen atoms in total. The minimum atomic E-state index is 0.0660. The van der Waals surface area contributed by atoms with Gasteiger partial charge in [0, 0.05) is 19.3 Å². The Balaban J connectivity index is 1.84. The lowest BCUT2D eigenvalue weighted by Crippen LogP contribution is -2.41. The van der Waals surface area contributed by atoms with E-state index < -0.39 is 0 Å². The Labute approximate surface area is 127 Å². The number of ether oxygens (including phenoxy) is 1. The first kappa shape index (κ1) is 16.0. The van der Waals surface area contributed by atoms with Gasteiger partial charge >= 0.3 is 0 Å². The van der Waals surface area contributed by atoms with E-state index in [-0.39, 0.29) is 5.91 Å². The third-order valence-corrected chi connectivity index (χ3v) is 4.16. The molecule has 116 valence electrons. The molecule has 21 heavy (non-hydrogen) atoms. The standard InChI is InChI=1S/C17H26N2O2/c1-13-6-7-16(9-14(13)2)18-17(20)11-19-8-4-5-15(10-19)12-21-3/h6-7,9,15H,4-5,8,10-12H2,1-3H3,(H,18,20)/t15-/m0/s1. The highest BCUT2D eigenvalue weighted by molar-refractivity contribution is 5.92. The fourth-order valence-corrected chi connectivity index (χ4v) is 2.89. The van der Waals surface area contributed by atoms with Crippen LogP contribution in [-0.4, -0.2) is 44.2 Å². The fourth-order valence-electron chi connectivity index (χ4n) is 2.89. The van der Waals surface area contributed by atoms with Crippen LogP contribution in [0.4, 0.5) is 5.69 Å². The number of anilines is 1. The number of amides is 1. The smallest absolute Gasteiger partial charge is 0.238 e. The monoisotopic (exact) mass is 290 g/mol. The summed E-state index contributed by atoms with van der Waals surface area (Å²) in [5.41, 5.74) is 3.32. The molecular weight excluding hydrogens is 264 g/mol. The lowest BCUT2D eigenvalue weighted by Gasteiger charge is -2.31. The minimum Gasteiger partial charge on any atom is -0.384 e. The summed E-state index contributed by atoms with van der Waals surface area (Å²) in [5, 5.41) is 2.99. The van der Waals surface area contributed by atoms with Crippen LogP contribution in [0.2, 0.25) is 0 Å². The Kier molecular flexibility index (Phi) is 5.76. The number of hydrogen-bond donors (Lipinski definition) is 1. The van der Waals surface area contributed by atoms with Crippen molar-refractivity contribution in [2.45, 2.75) is 26.7 Å². The van der Waals surface area contributed by atoms with Gasteiger partial charge in [-0.2, -0.15) is 0 Å². The van der Waals surface area contributed by atoms with Crippen LogP contribution >= 0.6 is 0 Å². The molecule has 1 aliphatic heterocycles. The number of rotatable bonds is 5. The highest BCUT2D eigenvalue weighted by Gasteiger charge is 2.21. The number of likely N-dealkylation sites (tertiary alicyclic amines) is 1. The number of piperidine rings is 1. The molecule has 1 atom stereocenters. The van der Waals surface area contributed by atoms with Crippen molar-refractivity contribution in [3.05, 3.63) is 29.3 Å². The quantitative estimate of drug-likeness (QED) is 0.906. The fraction of sp³-hybridized carbons (Fsp3) is 0.588. The molecule has 1 heterocycles. The first-order valence-electron chi connectivity index (χ1n) is 7.67. The number of nitrogens with one attached hydrogen (secondary N) is 1. The van der Waals surface area contributed by atoms with Crippen molar-refractivity contribution in [3.63, 3.8) is 0 Å². The molecule has 1 fully saturated rings. The summed E-state index contributed by atoms with van der Waals surface area (Å²) in [5.74, 6) is 0.620. The van der Waals surface area contributed by atoms with Gasteiger partial charge < -0.3 is 10.1 Å². The maximum atomic E-state index is 12.2. The molecule has 1 aliphatic rings. The van der Waals surface area contributed by atoms with Gasteiger partial charge in [-0.15, -0.1) is 0 Å². The van der Waals surface area contributed by atoms with Gasteiger partial charge in [0.1, 0.15) is 0 Å². The Morgan fingerprint density at radius 1 is 1.38 bits per heavy atom. The van der Waals surface area contributed by atoms with E-state index in [0.717, 1.165) is 31.8 Å². The van der Waals surface area contributed by atoms with Crippen LogP contribution in [0.25, 0.3) is 0 Å². The van der Waals surface area contributed by atoms with Crippen molar-refractivity contribution in [1.29, 1.82) is 0 Å². The first-order valence-corrected chi connectivity index (χ1v) is 7.67. The van der Waals surface area contributed by atoms with Crippen LogP contribution in [0.1, 0.15) is 24.0 Å². The lowest BCUT2D eigenvalue weighted by molar-refractivity contribution is -0.117. The zero-order valence-electron chi connectivity index (χ0n) is 13.3. The normalized spacial score (nSPS) is 19.5. The summed E-state index contributed by atoms with van der Waals surface area (Å²) < 4.78 is 5.23. The SMILES string of the molecule is COC[C@H]1CCCN(CC(=O)Nc2ccc(C)c(C)c2)C1. The molecular formula is C17H26N2O2. The molecule has 0 aliphatic carbocycles. The van der Waals surface area contributed by atoms with Crippen molar-refractivity contribution in [2.24, 2.45) is 5.92 Å². The van der Waals surface area contributed by atoms with Gasteiger partial charge in [0.25, 0.3) is 0 Å². The van der Waals surface area contributed by atoms with Crippen LogP contribution in [0.15, 0.2) is 18.2 Å². The third kappa shape index (κ3) is 4.83. The van der Waals surface area contributed by atoms with Crippen molar-refractivity contribution < 1.29 is 9.53 Å². The second-order valence-corrected chi connectivity index (χ2v) is 6.05. The highest BCUT2D eigenvalue weighted by atomic mass is 16.5. The van der Waals surface area contributed by atoms with E-state index in [2.05, 4.69) is 24.1 Å². The molecule has 0 aromatic heterocycles. The minimum absolute atomic E-state index is 0.0660. The van der Waals surface area contributed by atoms with Gasteiger partial charge in [-0.1, -0.05) is 6.07 Å². The van der Waals surface area contributed by atoms with E-state index in [4.69, 9.17) is 4.74 Å². The number of aryl methyl sites for hydroxylation is 2. The van der Waals surface area contributed by atoms with Crippen LogP contribution in [0.3, 0.4) is 0 Å². The number of benzene rings is 1. The van der Waals surface area contributed by atoms with E-state index in [0.29, 0.717) is 12.5 Å². The second kappa shape index (κ2) is 7.57. The van der Waals surface area contributed by atoms with Gasteiger partial charge in [0.15, 0.2) is 0 Å².